The van der Waals surface area contributed by atoms with Gasteiger partial charge in [-0.1, -0.05) is 6.92 Å². The van der Waals surface area contributed by atoms with Crippen molar-refractivity contribution in [2.24, 2.45) is 5.73 Å². The van der Waals surface area contributed by atoms with Crippen LogP contribution < -0.4 is 5.73 Å². The van der Waals surface area contributed by atoms with Gasteiger partial charge in [-0.25, -0.2) is 0 Å². The standard InChI is InChI=1S/C8H13NS/c1-3-7-4-6(2)10-8(7)5-9/h4H,3,5,9H2,1-2H3. The zero-order valence-corrected chi connectivity index (χ0v) is 7.29. The first-order valence-corrected chi connectivity index (χ1v) is 4.37. The van der Waals surface area contributed by atoms with Crippen molar-refractivity contribution in [2.45, 2.75) is 26.8 Å². The Labute approximate surface area is 65.9 Å². The number of hydrogen-bond acceptors (Lipinski definition) is 2. The van der Waals surface area contributed by atoms with Gasteiger partial charge in [0.1, 0.15) is 0 Å². The largest absolute Gasteiger partial charge is 0.326 e. The Morgan fingerprint density at radius 1 is 1.60 bits per heavy atom. The van der Waals surface area contributed by atoms with E-state index in [0.717, 1.165) is 6.42 Å². The van der Waals surface area contributed by atoms with E-state index in [4.69, 9.17) is 5.73 Å². The van der Waals surface area contributed by atoms with Crippen molar-refractivity contribution in [3.05, 3.63) is 21.4 Å². The molecule has 0 aliphatic heterocycles. The van der Waals surface area contributed by atoms with Gasteiger partial charge in [-0.15, -0.1) is 11.3 Å². The van der Waals surface area contributed by atoms with Crippen LogP contribution in [0.15, 0.2) is 6.07 Å². The summed E-state index contributed by atoms with van der Waals surface area (Å²) in [6, 6.07) is 2.23. The topological polar surface area (TPSA) is 26.0 Å². The normalized spacial score (nSPS) is 10.3. The fraction of sp³-hybridized carbons (Fsp3) is 0.500. The van der Waals surface area contributed by atoms with Gasteiger partial charge in [-0.3, -0.25) is 0 Å². The van der Waals surface area contributed by atoms with Crippen LogP contribution in [-0.4, -0.2) is 0 Å². The molecular weight excluding hydrogens is 142 g/mol. The van der Waals surface area contributed by atoms with E-state index in [9.17, 15) is 0 Å². The third-order valence-electron chi connectivity index (χ3n) is 1.59. The van der Waals surface area contributed by atoms with Crippen LogP contribution in [0, 0.1) is 6.92 Å². The Morgan fingerprint density at radius 3 is 2.70 bits per heavy atom. The highest BCUT2D eigenvalue weighted by Gasteiger charge is 2.01. The third-order valence-corrected chi connectivity index (χ3v) is 2.70. The first-order chi connectivity index (χ1) is 4.77. The van der Waals surface area contributed by atoms with Gasteiger partial charge in [0.2, 0.25) is 0 Å². The Kier molecular flexibility index (Phi) is 2.46. The van der Waals surface area contributed by atoms with Crippen molar-refractivity contribution >= 4 is 11.3 Å². The summed E-state index contributed by atoms with van der Waals surface area (Å²) in [6.45, 7) is 4.99. The van der Waals surface area contributed by atoms with Crippen molar-refractivity contribution in [3.63, 3.8) is 0 Å². The molecule has 2 N–H and O–H groups in total. The van der Waals surface area contributed by atoms with Crippen LogP contribution in [-0.2, 0) is 13.0 Å². The molecule has 0 aromatic carbocycles. The SMILES string of the molecule is CCc1cc(C)sc1CN. The van der Waals surface area contributed by atoms with E-state index < -0.39 is 0 Å². The maximum atomic E-state index is 5.55. The van der Waals surface area contributed by atoms with Crippen LogP contribution in [0.5, 0.6) is 0 Å². The highest BCUT2D eigenvalue weighted by Crippen LogP contribution is 2.21. The summed E-state index contributed by atoms with van der Waals surface area (Å²) in [5.41, 5.74) is 6.97. The summed E-state index contributed by atoms with van der Waals surface area (Å²) in [5.74, 6) is 0. The Bertz CT molecular complexity index is 194. The van der Waals surface area contributed by atoms with Gasteiger partial charge in [0.15, 0.2) is 0 Å². The molecule has 1 aromatic heterocycles. The van der Waals surface area contributed by atoms with E-state index in [2.05, 4.69) is 19.9 Å². The van der Waals surface area contributed by atoms with Crippen molar-refractivity contribution in [2.75, 3.05) is 0 Å². The molecule has 0 aliphatic rings. The summed E-state index contributed by atoms with van der Waals surface area (Å²) >= 11 is 1.81. The number of hydrogen-bond donors (Lipinski definition) is 1. The van der Waals surface area contributed by atoms with Gasteiger partial charge in [0, 0.05) is 16.3 Å². The molecule has 0 atom stereocenters. The van der Waals surface area contributed by atoms with Gasteiger partial charge in [-0.05, 0) is 25.0 Å². The fourth-order valence-electron chi connectivity index (χ4n) is 1.09. The summed E-state index contributed by atoms with van der Waals surface area (Å²) in [7, 11) is 0. The van der Waals surface area contributed by atoms with Crippen LogP contribution in [0.1, 0.15) is 22.2 Å². The average molecular weight is 155 g/mol. The smallest absolute Gasteiger partial charge is 0.0276 e. The lowest BCUT2D eigenvalue weighted by atomic mass is 10.2. The third kappa shape index (κ3) is 1.39. The van der Waals surface area contributed by atoms with Crippen molar-refractivity contribution in [3.8, 4) is 0 Å². The second-order valence-corrected chi connectivity index (χ2v) is 3.70. The molecule has 0 bridgehead atoms. The van der Waals surface area contributed by atoms with Crippen LogP contribution in [0.4, 0.5) is 0 Å². The Hall–Kier alpha value is -0.340. The molecule has 0 fully saturated rings. The lowest BCUT2D eigenvalue weighted by Gasteiger charge is -1.93. The van der Waals surface area contributed by atoms with E-state index in [1.165, 1.54) is 15.3 Å². The molecule has 0 radical (unpaired) electrons. The highest BCUT2D eigenvalue weighted by atomic mass is 32.1. The molecule has 1 rings (SSSR count). The maximum Gasteiger partial charge on any atom is 0.0276 e. The minimum Gasteiger partial charge on any atom is -0.326 e. The van der Waals surface area contributed by atoms with Gasteiger partial charge >= 0.3 is 0 Å². The van der Waals surface area contributed by atoms with Crippen molar-refractivity contribution < 1.29 is 0 Å². The first kappa shape index (κ1) is 7.76. The molecule has 0 spiro atoms. The summed E-state index contributed by atoms with van der Waals surface area (Å²) < 4.78 is 0. The van der Waals surface area contributed by atoms with Gasteiger partial charge in [-0.2, -0.15) is 0 Å². The first-order valence-electron chi connectivity index (χ1n) is 3.56. The zero-order valence-electron chi connectivity index (χ0n) is 6.48. The maximum absolute atomic E-state index is 5.55. The zero-order chi connectivity index (χ0) is 7.56. The molecular formula is C8H13NS. The molecule has 0 saturated carbocycles. The van der Waals surface area contributed by atoms with Crippen LogP contribution >= 0.6 is 11.3 Å². The number of nitrogens with two attached hydrogens (primary N) is 1. The minimum atomic E-state index is 0.696. The quantitative estimate of drug-likeness (QED) is 0.695. The summed E-state index contributed by atoms with van der Waals surface area (Å²) in [5, 5.41) is 0. The van der Waals surface area contributed by atoms with Crippen LogP contribution in [0.25, 0.3) is 0 Å². The van der Waals surface area contributed by atoms with Crippen LogP contribution in [0.3, 0.4) is 0 Å². The van der Waals surface area contributed by atoms with E-state index in [0.29, 0.717) is 6.54 Å². The molecule has 1 nitrogen and oxygen atoms in total. The molecule has 2 heteroatoms. The second kappa shape index (κ2) is 3.17. The average Bonchev–Trinajstić information content (AvgIpc) is 2.30. The molecule has 0 aliphatic carbocycles. The lowest BCUT2D eigenvalue weighted by Crippen LogP contribution is -1.95. The molecule has 10 heavy (non-hydrogen) atoms. The van der Waals surface area contributed by atoms with Gasteiger partial charge < -0.3 is 5.73 Å². The highest BCUT2D eigenvalue weighted by molar-refractivity contribution is 7.12. The van der Waals surface area contributed by atoms with E-state index in [-0.39, 0.29) is 0 Å². The Balaban J connectivity index is 2.96. The van der Waals surface area contributed by atoms with Gasteiger partial charge in [0.25, 0.3) is 0 Å². The molecule has 0 amide bonds. The Morgan fingerprint density at radius 2 is 2.30 bits per heavy atom. The molecule has 1 heterocycles. The minimum absolute atomic E-state index is 0.696. The van der Waals surface area contributed by atoms with Crippen LogP contribution in [0.2, 0.25) is 0 Å². The molecule has 1 aromatic rings. The number of aryl methyl sites for hydroxylation is 2. The molecule has 56 valence electrons. The van der Waals surface area contributed by atoms with Crippen molar-refractivity contribution in [1.29, 1.82) is 0 Å². The lowest BCUT2D eigenvalue weighted by molar-refractivity contribution is 1.04. The fourth-order valence-corrected chi connectivity index (χ4v) is 2.09. The predicted molar refractivity (Wildman–Crippen MR) is 46.3 cm³/mol. The number of thiophene rings is 1. The summed E-state index contributed by atoms with van der Waals surface area (Å²) in [6.07, 6.45) is 1.11. The van der Waals surface area contributed by atoms with E-state index in [1.807, 2.05) is 11.3 Å². The van der Waals surface area contributed by atoms with Crippen molar-refractivity contribution in [1.82, 2.24) is 0 Å². The monoisotopic (exact) mass is 155 g/mol. The van der Waals surface area contributed by atoms with Gasteiger partial charge in [0.05, 0.1) is 0 Å². The van der Waals surface area contributed by atoms with E-state index in [1.54, 1.807) is 0 Å². The van der Waals surface area contributed by atoms with E-state index >= 15 is 0 Å². The number of rotatable bonds is 2. The second-order valence-electron chi connectivity index (χ2n) is 2.36. The summed E-state index contributed by atoms with van der Waals surface area (Å²) in [4.78, 5) is 2.72. The molecule has 0 unspecified atom stereocenters. The molecule has 0 saturated heterocycles. The predicted octanol–water partition coefficient (Wildman–Crippen LogP) is 2.08.